The van der Waals surface area contributed by atoms with Gasteiger partial charge in [0, 0.05) is 12.1 Å². The molecule has 1 aliphatic heterocycles. The number of hydrogen-bond acceptors (Lipinski definition) is 3. The molecule has 0 saturated heterocycles. The fraction of sp³-hybridized carbons (Fsp3) is 0.200. The molecule has 0 bridgehead atoms. The van der Waals surface area contributed by atoms with Gasteiger partial charge in [0.25, 0.3) is 5.91 Å². The Kier molecular flexibility index (Phi) is 4.35. The van der Waals surface area contributed by atoms with Crippen LogP contribution in [0.5, 0.6) is 5.75 Å². The van der Waals surface area contributed by atoms with Gasteiger partial charge in [-0.25, -0.2) is 0 Å². The van der Waals surface area contributed by atoms with E-state index in [0.29, 0.717) is 5.69 Å². The lowest BCUT2D eigenvalue weighted by molar-refractivity contribution is -0.112. The van der Waals surface area contributed by atoms with Gasteiger partial charge in [0.1, 0.15) is 23.5 Å². The van der Waals surface area contributed by atoms with E-state index < -0.39 is 5.91 Å². The highest BCUT2D eigenvalue weighted by Gasteiger charge is 2.19. The first kappa shape index (κ1) is 15.8. The van der Waals surface area contributed by atoms with Gasteiger partial charge in [-0.2, -0.15) is 5.26 Å². The predicted octanol–water partition coefficient (Wildman–Crippen LogP) is 3.86. The van der Waals surface area contributed by atoms with Crippen molar-refractivity contribution in [1.82, 2.24) is 0 Å². The maximum absolute atomic E-state index is 12.3. The highest BCUT2D eigenvalue weighted by atomic mass is 16.5. The minimum atomic E-state index is -0.411. The normalized spacial score (nSPS) is 16.0. The molecule has 4 nitrogen and oxygen atoms in total. The Labute approximate surface area is 141 Å². The predicted molar refractivity (Wildman–Crippen MR) is 93.6 cm³/mol. The third-order valence-corrected chi connectivity index (χ3v) is 3.91. The minimum Gasteiger partial charge on any atom is -0.490 e. The number of ether oxygens (including phenoxy) is 1. The standard InChI is InChI=1S/C20H18N2O2/c1-13-3-6-18(7-4-13)22-20(23)17(12-21)11-15-5-8-19-16(10-15)9-14(2)24-19/h3-8,10-11,14H,9H2,1-2H3,(H,22,23)/b17-11-/t14-/m0/s1. The molecule has 0 spiro atoms. The van der Waals surface area contributed by atoms with Gasteiger partial charge in [-0.1, -0.05) is 23.8 Å². The third kappa shape index (κ3) is 3.47. The first-order valence-electron chi connectivity index (χ1n) is 7.84. The van der Waals surface area contributed by atoms with E-state index in [1.165, 1.54) is 0 Å². The van der Waals surface area contributed by atoms with Crippen LogP contribution in [-0.2, 0) is 11.2 Å². The number of hydrogen-bond donors (Lipinski definition) is 1. The molecule has 0 unspecified atom stereocenters. The average Bonchev–Trinajstić information content (AvgIpc) is 2.94. The minimum absolute atomic E-state index is 0.0717. The molecule has 0 aromatic heterocycles. The molecule has 2 aromatic rings. The summed E-state index contributed by atoms with van der Waals surface area (Å²) in [6.07, 6.45) is 2.61. The number of carbonyl (C=O) groups excluding carboxylic acids is 1. The van der Waals surface area contributed by atoms with Crippen LogP contribution >= 0.6 is 0 Å². The molecule has 3 rings (SSSR count). The lowest BCUT2D eigenvalue weighted by Crippen LogP contribution is -2.13. The third-order valence-electron chi connectivity index (χ3n) is 3.91. The Morgan fingerprint density at radius 2 is 2.04 bits per heavy atom. The van der Waals surface area contributed by atoms with Gasteiger partial charge < -0.3 is 10.1 Å². The van der Waals surface area contributed by atoms with E-state index in [-0.39, 0.29) is 11.7 Å². The van der Waals surface area contributed by atoms with Crippen LogP contribution in [0, 0.1) is 18.3 Å². The molecule has 0 aliphatic carbocycles. The number of benzene rings is 2. The van der Waals surface area contributed by atoms with E-state index in [9.17, 15) is 10.1 Å². The second-order valence-corrected chi connectivity index (χ2v) is 5.99. The lowest BCUT2D eigenvalue weighted by atomic mass is 10.0. The van der Waals surface area contributed by atoms with Crippen LogP contribution in [0.1, 0.15) is 23.6 Å². The zero-order valence-corrected chi connectivity index (χ0v) is 13.7. The summed E-state index contributed by atoms with van der Waals surface area (Å²) in [7, 11) is 0. The summed E-state index contributed by atoms with van der Waals surface area (Å²) in [6, 6.07) is 15.1. The molecule has 1 heterocycles. The number of nitriles is 1. The molecule has 0 saturated carbocycles. The molecule has 120 valence electrons. The molecule has 1 atom stereocenters. The van der Waals surface area contributed by atoms with Crippen LogP contribution in [0.25, 0.3) is 6.08 Å². The molecule has 4 heteroatoms. The SMILES string of the molecule is Cc1ccc(NC(=O)/C(C#N)=C\c2ccc3c(c2)C[C@H](C)O3)cc1. The summed E-state index contributed by atoms with van der Waals surface area (Å²) in [5.41, 5.74) is 3.78. The fourth-order valence-electron chi connectivity index (χ4n) is 2.68. The summed E-state index contributed by atoms with van der Waals surface area (Å²) >= 11 is 0. The zero-order chi connectivity index (χ0) is 17.1. The summed E-state index contributed by atoms with van der Waals surface area (Å²) in [6.45, 7) is 4.00. The maximum Gasteiger partial charge on any atom is 0.266 e. The van der Waals surface area contributed by atoms with E-state index in [0.717, 1.165) is 28.9 Å². The Morgan fingerprint density at radius 1 is 1.29 bits per heavy atom. The molecule has 2 aromatic carbocycles. The van der Waals surface area contributed by atoms with Gasteiger partial charge in [0.15, 0.2) is 0 Å². The average molecular weight is 318 g/mol. The number of aryl methyl sites for hydroxylation is 1. The van der Waals surface area contributed by atoms with Crippen LogP contribution in [0.4, 0.5) is 5.69 Å². The first-order valence-corrected chi connectivity index (χ1v) is 7.84. The second-order valence-electron chi connectivity index (χ2n) is 5.99. The van der Waals surface area contributed by atoms with Crippen molar-refractivity contribution >= 4 is 17.7 Å². The highest BCUT2D eigenvalue weighted by Crippen LogP contribution is 2.30. The number of rotatable bonds is 3. The molecule has 0 radical (unpaired) electrons. The number of anilines is 1. The Morgan fingerprint density at radius 3 is 2.75 bits per heavy atom. The number of carbonyl (C=O) groups is 1. The van der Waals surface area contributed by atoms with Crippen molar-refractivity contribution in [1.29, 1.82) is 5.26 Å². The van der Waals surface area contributed by atoms with E-state index in [4.69, 9.17) is 4.74 Å². The van der Waals surface area contributed by atoms with Crippen LogP contribution in [-0.4, -0.2) is 12.0 Å². The summed E-state index contributed by atoms with van der Waals surface area (Å²) in [4.78, 5) is 12.3. The van der Waals surface area contributed by atoms with Crippen LogP contribution < -0.4 is 10.1 Å². The van der Waals surface area contributed by atoms with Crippen LogP contribution in [0.2, 0.25) is 0 Å². The maximum atomic E-state index is 12.3. The van der Waals surface area contributed by atoms with Crippen molar-refractivity contribution in [3.05, 3.63) is 64.7 Å². The van der Waals surface area contributed by atoms with Crippen LogP contribution in [0.3, 0.4) is 0 Å². The molecule has 24 heavy (non-hydrogen) atoms. The Balaban J connectivity index is 1.79. The second kappa shape index (κ2) is 6.59. The molecule has 1 amide bonds. The van der Waals surface area contributed by atoms with Crippen molar-refractivity contribution in [2.75, 3.05) is 5.32 Å². The summed E-state index contributed by atoms with van der Waals surface area (Å²) < 4.78 is 5.66. The van der Waals surface area contributed by atoms with E-state index in [1.807, 2.05) is 62.4 Å². The van der Waals surface area contributed by atoms with Crippen molar-refractivity contribution in [3.8, 4) is 11.8 Å². The van der Waals surface area contributed by atoms with Crippen molar-refractivity contribution in [3.63, 3.8) is 0 Å². The summed E-state index contributed by atoms with van der Waals surface area (Å²) in [5, 5.41) is 12.1. The molecule has 1 N–H and O–H groups in total. The number of nitrogens with zero attached hydrogens (tertiary/aromatic N) is 1. The quantitative estimate of drug-likeness (QED) is 0.690. The van der Waals surface area contributed by atoms with Gasteiger partial charge >= 0.3 is 0 Å². The number of amides is 1. The smallest absolute Gasteiger partial charge is 0.266 e. The van der Waals surface area contributed by atoms with Gasteiger partial charge in [-0.15, -0.1) is 0 Å². The van der Waals surface area contributed by atoms with Gasteiger partial charge in [-0.3, -0.25) is 4.79 Å². The first-order chi connectivity index (χ1) is 11.5. The van der Waals surface area contributed by atoms with Crippen LogP contribution in [0.15, 0.2) is 48.0 Å². The van der Waals surface area contributed by atoms with E-state index >= 15 is 0 Å². The van der Waals surface area contributed by atoms with Gasteiger partial charge in [-0.05, 0) is 55.3 Å². The van der Waals surface area contributed by atoms with Crippen molar-refractivity contribution < 1.29 is 9.53 Å². The molecular weight excluding hydrogens is 300 g/mol. The zero-order valence-electron chi connectivity index (χ0n) is 13.7. The topological polar surface area (TPSA) is 62.1 Å². The van der Waals surface area contributed by atoms with Gasteiger partial charge in [0.05, 0.1) is 0 Å². The number of nitrogens with one attached hydrogen (secondary N) is 1. The van der Waals surface area contributed by atoms with E-state index in [2.05, 4.69) is 5.32 Å². The highest BCUT2D eigenvalue weighted by molar-refractivity contribution is 6.09. The van der Waals surface area contributed by atoms with E-state index in [1.54, 1.807) is 6.08 Å². The fourth-order valence-corrected chi connectivity index (χ4v) is 2.68. The Hall–Kier alpha value is -3.06. The van der Waals surface area contributed by atoms with Crippen molar-refractivity contribution in [2.24, 2.45) is 0 Å². The largest absolute Gasteiger partial charge is 0.490 e. The Bertz CT molecular complexity index is 845. The monoisotopic (exact) mass is 318 g/mol. The molecule has 1 aliphatic rings. The molecular formula is C20H18N2O2. The number of fused-ring (bicyclic) bond motifs is 1. The van der Waals surface area contributed by atoms with Gasteiger partial charge in [0.2, 0.25) is 0 Å². The van der Waals surface area contributed by atoms with Crippen molar-refractivity contribution in [2.45, 2.75) is 26.4 Å². The summed E-state index contributed by atoms with van der Waals surface area (Å²) in [5.74, 6) is 0.466. The lowest BCUT2D eigenvalue weighted by Gasteiger charge is -2.05. The molecule has 0 fully saturated rings.